The second-order valence-electron chi connectivity index (χ2n) is 8.59. The van der Waals surface area contributed by atoms with Gasteiger partial charge in [-0.05, 0) is 46.0 Å². The van der Waals surface area contributed by atoms with Crippen LogP contribution in [0.4, 0.5) is 0 Å². The lowest BCUT2D eigenvalue weighted by molar-refractivity contribution is -0.150. The van der Waals surface area contributed by atoms with Gasteiger partial charge in [-0.15, -0.1) is 0 Å². The number of amides is 1. The summed E-state index contributed by atoms with van der Waals surface area (Å²) in [6.45, 7) is 3.44. The van der Waals surface area contributed by atoms with Crippen molar-refractivity contribution in [2.24, 2.45) is 5.41 Å². The minimum Gasteiger partial charge on any atom is -0.497 e. The van der Waals surface area contributed by atoms with Crippen LogP contribution in [0.25, 0.3) is 11.0 Å². The summed E-state index contributed by atoms with van der Waals surface area (Å²) in [5.41, 5.74) is 1.03. The Labute approximate surface area is 186 Å². The van der Waals surface area contributed by atoms with E-state index in [1.165, 1.54) is 0 Å². The maximum atomic E-state index is 13.1. The van der Waals surface area contributed by atoms with Gasteiger partial charge >= 0.3 is 5.97 Å². The first-order valence-corrected chi connectivity index (χ1v) is 10.5. The van der Waals surface area contributed by atoms with E-state index in [1.807, 2.05) is 38.1 Å². The molecule has 2 fully saturated rings. The molecule has 1 N–H and O–H groups in total. The van der Waals surface area contributed by atoms with Crippen LogP contribution in [0.5, 0.6) is 5.75 Å². The molecule has 1 unspecified atom stereocenters. The highest BCUT2D eigenvalue weighted by atomic mass is 16.6. The molecule has 2 saturated heterocycles. The van der Waals surface area contributed by atoms with Crippen LogP contribution in [0.2, 0.25) is 0 Å². The molecule has 32 heavy (non-hydrogen) atoms. The number of fused-ring (bicyclic) bond motifs is 1. The zero-order valence-corrected chi connectivity index (χ0v) is 18.9. The number of carboxylic acid groups (broad SMARTS) is 1. The van der Waals surface area contributed by atoms with Crippen LogP contribution < -0.4 is 4.74 Å². The van der Waals surface area contributed by atoms with Gasteiger partial charge < -0.3 is 28.8 Å². The topological polar surface area (TPSA) is 110 Å². The summed E-state index contributed by atoms with van der Waals surface area (Å²) in [5, 5.41) is 7.80. The van der Waals surface area contributed by atoms with Gasteiger partial charge in [-0.1, -0.05) is 0 Å². The van der Waals surface area contributed by atoms with Crippen molar-refractivity contribution < 1.29 is 33.4 Å². The zero-order valence-electron chi connectivity index (χ0n) is 18.9. The van der Waals surface area contributed by atoms with E-state index in [4.69, 9.17) is 23.8 Å². The maximum Gasteiger partial charge on any atom is 0.312 e. The number of carbonyl (C=O) groups excluding carboxylic acids is 2. The molecule has 1 aromatic heterocycles. The Morgan fingerprint density at radius 2 is 2.00 bits per heavy atom. The van der Waals surface area contributed by atoms with Crippen LogP contribution in [0.15, 0.2) is 22.6 Å². The van der Waals surface area contributed by atoms with E-state index in [0.29, 0.717) is 43.0 Å². The minimum atomic E-state index is -0.451. The quantitative estimate of drug-likeness (QED) is 0.564. The van der Waals surface area contributed by atoms with Crippen molar-refractivity contribution in [3.63, 3.8) is 0 Å². The largest absolute Gasteiger partial charge is 0.497 e. The molecule has 9 heteroatoms. The van der Waals surface area contributed by atoms with Gasteiger partial charge in [0.25, 0.3) is 12.4 Å². The van der Waals surface area contributed by atoms with Gasteiger partial charge in [-0.25, -0.2) is 0 Å². The lowest BCUT2D eigenvalue weighted by Gasteiger charge is -2.36. The van der Waals surface area contributed by atoms with E-state index < -0.39 is 5.41 Å². The third-order valence-electron chi connectivity index (χ3n) is 6.24. The molecule has 1 atom stereocenters. The number of aryl methyl sites for hydroxylation is 1. The van der Waals surface area contributed by atoms with Crippen LogP contribution >= 0.6 is 0 Å². The van der Waals surface area contributed by atoms with Crippen LogP contribution in [0, 0.1) is 12.3 Å². The smallest absolute Gasteiger partial charge is 0.312 e. The highest BCUT2D eigenvalue weighted by molar-refractivity contribution is 5.99. The normalized spacial score (nSPS) is 19.6. The molecule has 0 bridgehead atoms. The summed E-state index contributed by atoms with van der Waals surface area (Å²) in [7, 11) is 5.56. The van der Waals surface area contributed by atoms with Gasteiger partial charge in [0.05, 0.1) is 12.5 Å². The second-order valence-corrected chi connectivity index (χ2v) is 8.59. The van der Waals surface area contributed by atoms with Crippen molar-refractivity contribution in [2.75, 3.05) is 40.8 Å². The molecule has 9 nitrogen and oxygen atoms in total. The number of cyclic esters (lactones) is 1. The molecule has 2 aliphatic rings. The third kappa shape index (κ3) is 4.57. The number of likely N-dealkylation sites (N-methyl/N-ethyl adjacent to an activating group) is 1. The molecule has 174 valence electrons. The Bertz CT molecular complexity index is 990. The van der Waals surface area contributed by atoms with Crippen molar-refractivity contribution in [2.45, 2.75) is 32.3 Å². The van der Waals surface area contributed by atoms with Crippen molar-refractivity contribution in [3.05, 3.63) is 29.5 Å². The molecular formula is C23H30N2O7. The maximum absolute atomic E-state index is 13.1. The Kier molecular flexibility index (Phi) is 7.08. The number of rotatable bonds is 4. The fourth-order valence-corrected chi connectivity index (χ4v) is 4.57. The number of carbonyl (C=O) groups is 3. The average molecular weight is 447 g/mol. The highest BCUT2D eigenvalue weighted by Gasteiger charge is 2.51. The molecule has 4 rings (SSSR count). The molecule has 0 radical (unpaired) electrons. The number of hydrogen-bond donors (Lipinski definition) is 1. The SMILES string of the molecule is COc1ccc2c(C)c(C(=O)N3CCC4(CC3)CC(CN(C)C)OC4=O)oc2c1.O=CO. The zero-order chi connectivity index (χ0) is 23.5. The highest BCUT2D eigenvalue weighted by Crippen LogP contribution is 2.43. The molecule has 1 spiro atoms. The van der Waals surface area contributed by atoms with E-state index in [-0.39, 0.29) is 24.5 Å². The van der Waals surface area contributed by atoms with Crippen LogP contribution in [-0.4, -0.2) is 80.2 Å². The summed E-state index contributed by atoms with van der Waals surface area (Å²) >= 11 is 0. The summed E-state index contributed by atoms with van der Waals surface area (Å²) in [6.07, 6.45) is 1.94. The molecule has 0 saturated carbocycles. The fraction of sp³-hybridized carbons (Fsp3) is 0.522. The van der Waals surface area contributed by atoms with Crippen molar-refractivity contribution in [3.8, 4) is 5.75 Å². The fourth-order valence-electron chi connectivity index (χ4n) is 4.57. The van der Waals surface area contributed by atoms with Gasteiger partial charge in [0, 0.05) is 43.1 Å². The predicted octanol–water partition coefficient (Wildman–Crippen LogP) is 2.55. The molecule has 1 amide bonds. The van der Waals surface area contributed by atoms with Gasteiger partial charge in [0.1, 0.15) is 17.4 Å². The Hall–Kier alpha value is -3.07. The second kappa shape index (κ2) is 9.60. The van der Waals surface area contributed by atoms with Crippen molar-refractivity contribution >= 4 is 29.3 Å². The van der Waals surface area contributed by atoms with E-state index in [1.54, 1.807) is 18.1 Å². The number of methoxy groups -OCH3 is 1. The van der Waals surface area contributed by atoms with Crippen LogP contribution in [0.3, 0.4) is 0 Å². The van der Waals surface area contributed by atoms with E-state index in [0.717, 1.165) is 23.9 Å². The lowest BCUT2D eigenvalue weighted by Crippen LogP contribution is -2.45. The lowest BCUT2D eigenvalue weighted by atomic mass is 9.76. The average Bonchev–Trinajstić information content (AvgIpc) is 3.24. The third-order valence-corrected chi connectivity index (χ3v) is 6.24. The number of benzene rings is 1. The first kappa shape index (κ1) is 23.6. The summed E-state index contributed by atoms with van der Waals surface area (Å²) in [6, 6.07) is 5.57. The Balaban J connectivity index is 0.000000913. The van der Waals surface area contributed by atoms with E-state index >= 15 is 0 Å². The number of esters is 1. The molecule has 3 heterocycles. The number of nitrogens with zero attached hydrogens (tertiary/aromatic N) is 2. The van der Waals surface area contributed by atoms with Crippen LogP contribution in [0.1, 0.15) is 35.4 Å². The molecule has 2 aromatic rings. The Morgan fingerprint density at radius 3 is 2.59 bits per heavy atom. The summed E-state index contributed by atoms with van der Waals surface area (Å²) in [4.78, 5) is 37.9. The summed E-state index contributed by atoms with van der Waals surface area (Å²) in [5.74, 6) is 0.827. The van der Waals surface area contributed by atoms with Gasteiger partial charge in [0.15, 0.2) is 5.76 Å². The number of hydrogen-bond acceptors (Lipinski definition) is 7. The first-order chi connectivity index (χ1) is 15.2. The van der Waals surface area contributed by atoms with Crippen molar-refractivity contribution in [1.29, 1.82) is 0 Å². The van der Waals surface area contributed by atoms with Gasteiger partial charge in [-0.3, -0.25) is 14.4 Å². The van der Waals surface area contributed by atoms with Crippen molar-refractivity contribution in [1.82, 2.24) is 9.80 Å². The number of likely N-dealkylation sites (tertiary alicyclic amines) is 1. The first-order valence-electron chi connectivity index (χ1n) is 10.5. The standard InChI is InChI=1S/C22H28N2O5.CH2O2/c1-14-17-6-5-15(27-4)11-18(17)29-19(14)20(25)24-9-7-22(8-10-24)12-16(13-23(2)3)28-21(22)26;2-1-3/h5-6,11,16H,7-10,12-13H2,1-4H3;1H,(H,2,3). The van der Waals surface area contributed by atoms with E-state index in [9.17, 15) is 9.59 Å². The number of piperidine rings is 1. The van der Waals surface area contributed by atoms with Crippen LogP contribution in [-0.2, 0) is 14.3 Å². The molecule has 0 aliphatic carbocycles. The Morgan fingerprint density at radius 1 is 1.34 bits per heavy atom. The predicted molar refractivity (Wildman–Crippen MR) is 117 cm³/mol. The monoisotopic (exact) mass is 446 g/mol. The molecular weight excluding hydrogens is 416 g/mol. The number of furan rings is 1. The van der Waals surface area contributed by atoms with Gasteiger partial charge in [0.2, 0.25) is 0 Å². The van der Waals surface area contributed by atoms with E-state index in [2.05, 4.69) is 0 Å². The minimum absolute atomic E-state index is 0.0626. The molecule has 1 aromatic carbocycles. The molecule has 2 aliphatic heterocycles. The van der Waals surface area contributed by atoms with Gasteiger partial charge in [-0.2, -0.15) is 0 Å². The summed E-state index contributed by atoms with van der Waals surface area (Å²) < 4.78 is 16.7. The number of ether oxygens (including phenoxy) is 2.